The van der Waals surface area contributed by atoms with Crippen molar-refractivity contribution < 1.29 is 4.79 Å². The van der Waals surface area contributed by atoms with Gasteiger partial charge in [-0.2, -0.15) is 0 Å². The fourth-order valence-electron chi connectivity index (χ4n) is 1.71. The normalized spacial score (nSPS) is 17.3. The van der Waals surface area contributed by atoms with Crippen LogP contribution in [0, 0.1) is 0 Å². The van der Waals surface area contributed by atoms with E-state index in [0.717, 1.165) is 26.2 Å². The molecule has 0 N–H and O–H groups in total. The summed E-state index contributed by atoms with van der Waals surface area (Å²) in [5.41, 5.74) is 0. The lowest BCUT2D eigenvalue weighted by Crippen LogP contribution is -2.50. The van der Waals surface area contributed by atoms with Crippen LogP contribution in [-0.4, -0.2) is 47.9 Å². The van der Waals surface area contributed by atoms with Crippen LogP contribution in [0.4, 0.5) is 0 Å². The molecule has 0 aromatic carbocycles. The highest BCUT2D eigenvalue weighted by Crippen LogP contribution is 2.06. The Balaban J connectivity index is 0.000000921. The Morgan fingerprint density at radius 2 is 1.60 bits per heavy atom. The summed E-state index contributed by atoms with van der Waals surface area (Å²) in [6.07, 6.45) is 0.641. The summed E-state index contributed by atoms with van der Waals surface area (Å²) in [5.74, 6) is 0.295. The molecule has 0 bridgehead atoms. The average molecular weight is 214 g/mol. The number of piperazine rings is 1. The van der Waals surface area contributed by atoms with Crippen LogP contribution in [0.5, 0.6) is 0 Å². The third kappa shape index (κ3) is 4.65. The van der Waals surface area contributed by atoms with E-state index in [2.05, 4.69) is 18.7 Å². The minimum atomic E-state index is 0.295. The first kappa shape index (κ1) is 14.4. The third-order valence-electron chi connectivity index (χ3n) is 2.70. The fraction of sp³-hybridized carbons (Fsp3) is 0.917. The van der Waals surface area contributed by atoms with Crippen LogP contribution in [0.15, 0.2) is 0 Å². The van der Waals surface area contributed by atoms with Crippen molar-refractivity contribution in [2.24, 2.45) is 0 Å². The minimum Gasteiger partial charge on any atom is -0.340 e. The maximum atomic E-state index is 11.4. The smallest absolute Gasteiger partial charge is 0.222 e. The van der Waals surface area contributed by atoms with Crippen LogP contribution in [-0.2, 0) is 4.79 Å². The quantitative estimate of drug-likeness (QED) is 0.701. The van der Waals surface area contributed by atoms with Gasteiger partial charge < -0.3 is 4.90 Å². The summed E-state index contributed by atoms with van der Waals surface area (Å²) in [4.78, 5) is 15.7. The number of carbonyl (C=O) groups is 1. The molecule has 1 heterocycles. The van der Waals surface area contributed by atoms with E-state index in [9.17, 15) is 4.79 Å². The van der Waals surface area contributed by atoms with Gasteiger partial charge in [0.1, 0.15) is 0 Å². The molecule has 0 spiro atoms. The highest BCUT2D eigenvalue weighted by atomic mass is 16.2. The first-order chi connectivity index (χ1) is 7.15. The lowest BCUT2D eigenvalue weighted by molar-refractivity contribution is -0.132. The van der Waals surface area contributed by atoms with Crippen molar-refractivity contribution in [1.82, 2.24) is 9.80 Å². The molecule has 15 heavy (non-hydrogen) atoms. The Bertz CT molecular complexity index is 172. The molecule has 0 saturated carbocycles. The van der Waals surface area contributed by atoms with Gasteiger partial charge in [0.2, 0.25) is 5.91 Å². The topological polar surface area (TPSA) is 23.6 Å². The zero-order valence-electron chi connectivity index (χ0n) is 10.9. The van der Waals surface area contributed by atoms with Gasteiger partial charge in [0, 0.05) is 38.6 Å². The van der Waals surface area contributed by atoms with E-state index in [-0.39, 0.29) is 0 Å². The van der Waals surface area contributed by atoms with E-state index in [1.165, 1.54) is 0 Å². The Morgan fingerprint density at radius 3 is 1.93 bits per heavy atom. The summed E-state index contributed by atoms with van der Waals surface area (Å²) < 4.78 is 0. The fourth-order valence-corrected chi connectivity index (χ4v) is 1.71. The molecular weight excluding hydrogens is 188 g/mol. The monoisotopic (exact) mass is 214 g/mol. The molecule has 3 heteroatoms. The predicted octanol–water partition coefficient (Wildman–Crippen LogP) is 1.98. The minimum absolute atomic E-state index is 0.295. The molecule has 0 aliphatic carbocycles. The molecule has 0 unspecified atom stereocenters. The summed E-state index contributed by atoms with van der Waals surface area (Å²) in [5, 5.41) is 0. The lowest BCUT2D eigenvalue weighted by Gasteiger charge is -2.36. The van der Waals surface area contributed by atoms with Crippen molar-refractivity contribution in [3.63, 3.8) is 0 Å². The van der Waals surface area contributed by atoms with Gasteiger partial charge in [-0.3, -0.25) is 9.69 Å². The molecule has 1 fully saturated rings. The molecule has 1 rings (SSSR count). The number of nitrogens with zero attached hydrogens (tertiary/aromatic N) is 2. The van der Waals surface area contributed by atoms with E-state index in [0.29, 0.717) is 18.4 Å². The number of rotatable bonds is 2. The lowest BCUT2D eigenvalue weighted by atomic mass is 10.2. The van der Waals surface area contributed by atoms with Crippen LogP contribution >= 0.6 is 0 Å². The molecule has 0 aromatic heterocycles. The van der Waals surface area contributed by atoms with Crippen LogP contribution in [0.2, 0.25) is 0 Å². The van der Waals surface area contributed by atoms with E-state index >= 15 is 0 Å². The Kier molecular flexibility index (Phi) is 7.39. The summed E-state index contributed by atoms with van der Waals surface area (Å²) in [7, 11) is 0. The van der Waals surface area contributed by atoms with E-state index < -0.39 is 0 Å². The summed E-state index contributed by atoms with van der Waals surface area (Å²) in [6, 6.07) is 0.610. The van der Waals surface area contributed by atoms with Gasteiger partial charge in [-0.25, -0.2) is 0 Å². The zero-order valence-corrected chi connectivity index (χ0v) is 10.9. The molecule has 1 aliphatic rings. The molecule has 90 valence electrons. The van der Waals surface area contributed by atoms with E-state index in [1.54, 1.807) is 0 Å². The van der Waals surface area contributed by atoms with Gasteiger partial charge in [0.25, 0.3) is 0 Å². The van der Waals surface area contributed by atoms with Crippen LogP contribution in [0.3, 0.4) is 0 Å². The second-order valence-corrected chi connectivity index (χ2v) is 3.86. The van der Waals surface area contributed by atoms with Crippen molar-refractivity contribution in [2.45, 2.75) is 47.1 Å². The molecule has 0 radical (unpaired) electrons. The third-order valence-corrected chi connectivity index (χ3v) is 2.70. The van der Waals surface area contributed by atoms with Crippen LogP contribution in [0.25, 0.3) is 0 Å². The van der Waals surface area contributed by atoms with E-state index in [1.807, 2.05) is 25.7 Å². The van der Waals surface area contributed by atoms with Gasteiger partial charge in [-0.05, 0) is 13.8 Å². The van der Waals surface area contributed by atoms with Crippen molar-refractivity contribution in [3.05, 3.63) is 0 Å². The highest BCUT2D eigenvalue weighted by Gasteiger charge is 2.20. The molecule has 1 saturated heterocycles. The SMILES string of the molecule is CC.CCC(=O)N1CCN(C(C)C)CC1. The number of carbonyl (C=O) groups excluding carboxylic acids is 1. The van der Waals surface area contributed by atoms with Gasteiger partial charge in [0.05, 0.1) is 0 Å². The first-order valence-electron chi connectivity index (χ1n) is 6.17. The van der Waals surface area contributed by atoms with Crippen molar-refractivity contribution in [3.8, 4) is 0 Å². The molecule has 0 aromatic rings. The number of amides is 1. The molecule has 3 nitrogen and oxygen atoms in total. The van der Waals surface area contributed by atoms with Crippen LogP contribution in [0.1, 0.15) is 41.0 Å². The number of hydrogen-bond donors (Lipinski definition) is 0. The Hall–Kier alpha value is -0.570. The van der Waals surface area contributed by atoms with Gasteiger partial charge in [-0.15, -0.1) is 0 Å². The predicted molar refractivity (Wildman–Crippen MR) is 64.9 cm³/mol. The average Bonchev–Trinajstić information content (AvgIpc) is 2.31. The second kappa shape index (κ2) is 7.69. The first-order valence-corrected chi connectivity index (χ1v) is 6.17. The maximum absolute atomic E-state index is 11.4. The van der Waals surface area contributed by atoms with Gasteiger partial charge in [-0.1, -0.05) is 20.8 Å². The van der Waals surface area contributed by atoms with E-state index in [4.69, 9.17) is 0 Å². The maximum Gasteiger partial charge on any atom is 0.222 e. The van der Waals surface area contributed by atoms with Gasteiger partial charge in [0.15, 0.2) is 0 Å². The molecular formula is C12H26N2O. The van der Waals surface area contributed by atoms with Crippen molar-refractivity contribution >= 4 is 5.91 Å². The van der Waals surface area contributed by atoms with Crippen LogP contribution < -0.4 is 0 Å². The highest BCUT2D eigenvalue weighted by molar-refractivity contribution is 5.75. The van der Waals surface area contributed by atoms with Crippen molar-refractivity contribution in [1.29, 1.82) is 0 Å². The molecule has 0 atom stereocenters. The van der Waals surface area contributed by atoms with Gasteiger partial charge >= 0.3 is 0 Å². The summed E-state index contributed by atoms with van der Waals surface area (Å²) >= 11 is 0. The Labute approximate surface area is 94.4 Å². The number of hydrogen-bond acceptors (Lipinski definition) is 2. The molecule has 1 aliphatic heterocycles. The zero-order chi connectivity index (χ0) is 11.8. The Morgan fingerprint density at radius 1 is 1.13 bits per heavy atom. The second-order valence-electron chi connectivity index (χ2n) is 3.86. The largest absolute Gasteiger partial charge is 0.340 e. The molecule has 1 amide bonds. The van der Waals surface area contributed by atoms with Crippen molar-refractivity contribution in [2.75, 3.05) is 26.2 Å². The standard InChI is InChI=1S/C10H20N2O.C2H6/c1-4-10(13)12-7-5-11(6-8-12)9(2)3;1-2/h9H,4-8H2,1-3H3;1-2H3. The summed E-state index contributed by atoms with van der Waals surface area (Å²) in [6.45, 7) is 14.2.